The Bertz CT molecular complexity index is 847. The van der Waals surface area contributed by atoms with E-state index in [1.165, 1.54) is 12.3 Å². The van der Waals surface area contributed by atoms with Crippen LogP contribution < -0.4 is 10.6 Å². The second kappa shape index (κ2) is 7.96. The van der Waals surface area contributed by atoms with Crippen molar-refractivity contribution >= 4 is 23.5 Å². The van der Waals surface area contributed by atoms with Crippen LogP contribution in [0.2, 0.25) is 0 Å². The first-order valence-corrected chi connectivity index (χ1v) is 8.41. The number of ether oxygens (including phenoxy) is 1. The maximum absolute atomic E-state index is 12.6. The van der Waals surface area contributed by atoms with Crippen LogP contribution in [-0.2, 0) is 9.53 Å². The monoisotopic (exact) mass is 369 g/mol. The normalized spacial score (nSPS) is 18.7. The van der Waals surface area contributed by atoms with Crippen LogP contribution in [0, 0.1) is 0 Å². The van der Waals surface area contributed by atoms with Crippen LogP contribution in [0.3, 0.4) is 0 Å². The Balaban J connectivity index is 1.72. The Hall–Kier alpha value is -3.26. The maximum Gasteiger partial charge on any atom is 0.305 e. The van der Waals surface area contributed by atoms with Crippen LogP contribution in [0.25, 0.3) is 0 Å². The molecule has 8 heteroatoms. The quantitative estimate of drug-likeness (QED) is 0.713. The Morgan fingerprint density at radius 3 is 2.63 bits per heavy atom. The molecule has 1 aliphatic heterocycles. The largest absolute Gasteiger partial charge is 0.481 e. The highest BCUT2D eigenvalue weighted by atomic mass is 16.5. The van der Waals surface area contributed by atoms with Gasteiger partial charge < -0.3 is 20.5 Å². The molecule has 1 unspecified atom stereocenters. The Morgan fingerprint density at radius 1 is 1.15 bits per heavy atom. The molecule has 1 aromatic heterocycles. The van der Waals surface area contributed by atoms with Crippen LogP contribution >= 0.6 is 0 Å². The van der Waals surface area contributed by atoms with Gasteiger partial charge in [0.1, 0.15) is 0 Å². The summed E-state index contributed by atoms with van der Waals surface area (Å²) in [7, 11) is 0. The minimum atomic E-state index is -1.00. The van der Waals surface area contributed by atoms with Crippen molar-refractivity contribution in [1.82, 2.24) is 10.3 Å². The predicted molar refractivity (Wildman–Crippen MR) is 96.5 cm³/mol. The van der Waals surface area contributed by atoms with E-state index >= 15 is 0 Å². The molecule has 0 aliphatic carbocycles. The molecule has 1 aliphatic rings. The van der Waals surface area contributed by atoms with E-state index in [0.717, 1.165) is 0 Å². The molecule has 2 aromatic rings. The molecule has 2 amide bonds. The Kier molecular flexibility index (Phi) is 5.46. The minimum Gasteiger partial charge on any atom is -0.481 e. The third kappa shape index (κ3) is 4.68. The van der Waals surface area contributed by atoms with Gasteiger partial charge in [0.15, 0.2) is 0 Å². The number of pyridine rings is 1. The zero-order valence-electron chi connectivity index (χ0n) is 14.5. The smallest absolute Gasteiger partial charge is 0.305 e. The SMILES string of the molecule is O=C(O)CC1(NC(=O)c2cccc(NC(=O)c3cccnc3)c2)CCOC1. The van der Waals surface area contributed by atoms with Crippen LogP contribution in [0.5, 0.6) is 0 Å². The van der Waals surface area contributed by atoms with Gasteiger partial charge in [0.25, 0.3) is 11.8 Å². The number of anilines is 1. The molecule has 27 heavy (non-hydrogen) atoms. The van der Waals surface area contributed by atoms with Crippen molar-refractivity contribution in [2.75, 3.05) is 18.5 Å². The van der Waals surface area contributed by atoms with Crippen molar-refractivity contribution in [2.45, 2.75) is 18.4 Å². The summed E-state index contributed by atoms with van der Waals surface area (Å²) in [5.41, 5.74) is 0.246. The van der Waals surface area contributed by atoms with Gasteiger partial charge in [-0.1, -0.05) is 6.07 Å². The molecule has 8 nitrogen and oxygen atoms in total. The summed E-state index contributed by atoms with van der Waals surface area (Å²) in [6.45, 7) is 0.553. The number of aliphatic carboxylic acids is 1. The third-order valence-electron chi connectivity index (χ3n) is 4.28. The molecular formula is C19H19N3O5. The van der Waals surface area contributed by atoms with Crippen LogP contribution in [-0.4, -0.2) is 46.6 Å². The van der Waals surface area contributed by atoms with Crippen LogP contribution in [0.4, 0.5) is 5.69 Å². The fourth-order valence-electron chi connectivity index (χ4n) is 2.93. The highest BCUT2D eigenvalue weighted by molar-refractivity contribution is 6.05. The van der Waals surface area contributed by atoms with Crippen LogP contribution in [0.1, 0.15) is 33.6 Å². The van der Waals surface area contributed by atoms with Crippen molar-refractivity contribution in [3.05, 3.63) is 59.9 Å². The lowest BCUT2D eigenvalue weighted by atomic mass is 9.93. The molecule has 2 heterocycles. The number of benzene rings is 1. The van der Waals surface area contributed by atoms with E-state index < -0.39 is 17.4 Å². The maximum atomic E-state index is 12.6. The summed E-state index contributed by atoms with van der Waals surface area (Å²) in [4.78, 5) is 39.9. The van der Waals surface area contributed by atoms with Gasteiger partial charge in [0, 0.05) is 30.3 Å². The van der Waals surface area contributed by atoms with E-state index in [1.54, 1.807) is 36.5 Å². The molecule has 1 fully saturated rings. The molecule has 0 radical (unpaired) electrons. The number of amides is 2. The lowest BCUT2D eigenvalue weighted by molar-refractivity contribution is -0.138. The summed E-state index contributed by atoms with van der Waals surface area (Å²) >= 11 is 0. The molecule has 1 atom stereocenters. The van der Waals surface area contributed by atoms with E-state index in [9.17, 15) is 14.4 Å². The molecule has 3 rings (SSSR count). The molecular weight excluding hydrogens is 350 g/mol. The number of carbonyl (C=O) groups is 3. The summed E-state index contributed by atoms with van der Waals surface area (Å²) < 4.78 is 5.28. The molecule has 0 spiro atoms. The Labute approximate surface area is 155 Å². The topological polar surface area (TPSA) is 118 Å². The van der Waals surface area contributed by atoms with Crippen molar-refractivity contribution in [3.8, 4) is 0 Å². The first-order valence-electron chi connectivity index (χ1n) is 8.41. The van der Waals surface area contributed by atoms with Gasteiger partial charge >= 0.3 is 5.97 Å². The number of hydrogen-bond donors (Lipinski definition) is 3. The minimum absolute atomic E-state index is 0.155. The molecule has 1 saturated heterocycles. The lowest BCUT2D eigenvalue weighted by Crippen LogP contribution is -2.50. The standard InChI is InChI=1S/C19H19N3O5/c23-16(24)10-19(6-8-27-12-19)22-18(26)13-3-1-5-15(9-13)21-17(25)14-4-2-7-20-11-14/h1-5,7,9,11H,6,8,10,12H2,(H,21,25)(H,22,26)(H,23,24). The van der Waals surface area contributed by atoms with Gasteiger partial charge in [-0.2, -0.15) is 0 Å². The van der Waals surface area contributed by atoms with Crippen molar-refractivity contribution < 1.29 is 24.2 Å². The van der Waals surface area contributed by atoms with Crippen molar-refractivity contribution in [3.63, 3.8) is 0 Å². The second-order valence-corrected chi connectivity index (χ2v) is 6.38. The van der Waals surface area contributed by atoms with Crippen molar-refractivity contribution in [1.29, 1.82) is 0 Å². The summed E-state index contributed by atoms with van der Waals surface area (Å²) in [6, 6.07) is 9.73. The lowest BCUT2D eigenvalue weighted by Gasteiger charge is -2.27. The number of carboxylic acid groups (broad SMARTS) is 1. The fourth-order valence-corrected chi connectivity index (χ4v) is 2.93. The summed E-state index contributed by atoms with van der Waals surface area (Å²) in [6.07, 6.45) is 3.24. The van der Waals surface area contributed by atoms with E-state index in [1.807, 2.05) is 0 Å². The first kappa shape index (κ1) is 18.5. The molecule has 0 bridgehead atoms. The highest BCUT2D eigenvalue weighted by Crippen LogP contribution is 2.24. The van der Waals surface area contributed by atoms with Gasteiger partial charge in [-0.25, -0.2) is 0 Å². The van der Waals surface area contributed by atoms with Crippen LogP contribution in [0.15, 0.2) is 48.8 Å². The van der Waals surface area contributed by atoms with E-state index in [-0.39, 0.29) is 18.9 Å². The van der Waals surface area contributed by atoms with Gasteiger partial charge in [0.05, 0.1) is 24.1 Å². The van der Waals surface area contributed by atoms with Gasteiger partial charge in [-0.15, -0.1) is 0 Å². The summed E-state index contributed by atoms with van der Waals surface area (Å²) in [5.74, 6) is -1.76. The summed E-state index contributed by atoms with van der Waals surface area (Å²) in [5, 5.41) is 14.6. The molecule has 3 N–H and O–H groups in total. The second-order valence-electron chi connectivity index (χ2n) is 6.38. The van der Waals surface area contributed by atoms with Gasteiger partial charge in [-0.3, -0.25) is 19.4 Å². The average molecular weight is 369 g/mol. The average Bonchev–Trinajstić information content (AvgIpc) is 3.09. The van der Waals surface area contributed by atoms with Gasteiger partial charge in [-0.05, 0) is 36.8 Å². The predicted octanol–water partition coefficient (Wildman–Crippen LogP) is 1.70. The molecule has 0 saturated carbocycles. The number of carbonyl (C=O) groups excluding carboxylic acids is 2. The number of carboxylic acids is 1. The van der Waals surface area contributed by atoms with Crippen molar-refractivity contribution in [2.24, 2.45) is 0 Å². The molecule has 140 valence electrons. The highest BCUT2D eigenvalue weighted by Gasteiger charge is 2.38. The third-order valence-corrected chi connectivity index (χ3v) is 4.28. The van der Waals surface area contributed by atoms with E-state index in [2.05, 4.69) is 15.6 Å². The first-order chi connectivity index (χ1) is 13.0. The number of rotatable bonds is 6. The van der Waals surface area contributed by atoms with Gasteiger partial charge in [0.2, 0.25) is 0 Å². The number of hydrogen-bond acceptors (Lipinski definition) is 5. The zero-order chi connectivity index (χ0) is 19.3. The number of aromatic nitrogens is 1. The number of nitrogens with one attached hydrogen (secondary N) is 2. The molecule has 1 aromatic carbocycles. The number of nitrogens with zero attached hydrogens (tertiary/aromatic N) is 1. The fraction of sp³-hybridized carbons (Fsp3) is 0.263. The van der Waals surface area contributed by atoms with E-state index in [0.29, 0.717) is 29.8 Å². The Morgan fingerprint density at radius 2 is 1.96 bits per heavy atom. The van der Waals surface area contributed by atoms with E-state index in [4.69, 9.17) is 9.84 Å². The zero-order valence-corrected chi connectivity index (χ0v) is 14.5.